The van der Waals surface area contributed by atoms with E-state index in [2.05, 4.69) is 4.90 Å². The average Bonchev–Trinajstić information content (AvgIpc) is 3.49. The van der Waals surface area contributed by atoms with Crippen LogP contribution < -0.4 is 9.47 Å². The molecule has 2 aliphatic heterocycles. The maximum Gasteiger partial charge on any atom is 0.406 e. The molecule has 1 fully saturated rings. The number of carbonyl (C=O) groups excluding carboxylic acids is 1. The fraction of sp³-hybridized carbons (Fsp3) is 0.423. The first-order valence-electron chi connectivity index (χ1n) is 11.8. The van der Waals surface area contributed by atoms with Crippen molar-refractivity contribution in [1.82, 2.24) is 9.80 Å². The van der Waals surface area contributed by atoms with Crippen molar-refractivity contribution in [1.29, 1.82) is 0 Å². The number of rotatable bonds is 7. The minimum Gasteiger partial charge on any atom is -0.496 e. The SMILES string of the molecule is COc1cc(-c2coc3cc(OCCN4CCCC4)ccc23)cc2c1C(=O)N(CC(F)(F)F)CC2. The average molecular weight is 489 g/mol. The minimum atomic E-state index is -4.45. The molecule has 0 bridgehead atoms. The first-order chi connectivity index (χ1) is 16.8. The molecule has 0 radical (unpaired) electrons. The third kappa shape index (κ3) is 4.96. The Kier molecular flexibility index (Phi) is 6.35. The molecule has 0 aliphatic carbocycles. The second-order valence-corrected chi connectivity index (χ2v) is 9.01. The maximum atomic E-state index is 12.9. The molecule has 1 amide bonds. The van der Waals surface area contributed by atoms with E-state index in [-0.39, 0.29) is 17.9 Å². The number of ether oxygens (including phenoxy) is 2. The summed E-state index contributed by atoms with van der Waals surface area (Å²) in [6.45, 7) is 2.49. The smallest absolute Gasteiger partial charge is 0.406 e. The van der Waals surface area contributed by atoms with Crippen molar-refractivity contribution in [2.45, 2.75) is 25.4 Å². The highest BCUT2D eigenvalue weighted by atomic mass is 19.4. The Morgan fingerprint density at radius 2 is 1.89 bits per heavy atom. The number of fused-ring (bicyclic) bond motifs is 2. The zero-order valence-electron chi connectivity index (χ0n) is 19.5. The fourth-order valence-electron chi connectivity index (χ4n) is 4.93. The van der Waals surface area contributed by atoms with Crippen LogP contribution in [-0.4, -0.2) is 68.3 Å². The Labute approximate surface area is 201 Å². The van der Waals surface area contributed by atoms with Crippen molar-refractivity contribution < 1.29 is 31.9 Å². The predicted molar refractivity (Wildman–Crippen MR) is 125 cm³/mol. The highest BCUT2D eigenvalue weighted by Crippen LogP contribution is 2.38. The molecular formula is C26H27F3N2O4. The van der Waals surface area contributed by atoms with E-state index in [1.807, 2.05) is 24.3 Å². The van der Waals surface area contributed by atoms with Crippen molar-refractivity contribution in [2.24, 2.45) is 0 Å². The summed E-state index contributed by atoms with van der Waals surface area (Å²) in [5, 5.41) is 0.875. The van der Waals surface area contributed by atoms with Crippen LogP contribution in [0.15, 0.2) is 41.0 Å². The summed E-state index contributed by atoms with van der Waals surface area (Å²) >= 11 is 0. The largest absolute Gasteiger partial charge is 0.496 e. The molecule has 2 aliphatic rings. The molecule has 0 unspecified atom stereocenters. The molecule has 2 aromatic carbocycles. The quantitative estimate of drug-likeness (QED) is 0.461. The number of hydrogen-bond acceptors (Lipinski definition) is 5. The lowest BCUT2D eigenvalue weighted by Gasteiger charge is -2.30. The van der Waals surface area contributed by atoms with Gasteiger partial charge in [-0.15, -0.1) is 0 Å². The summed E-state index contributed by atoms with van der Waals surface area (Å²) < 4.78 is 55.8. The number of amides is 1. The Hall–Kier alpha value is -3.20. The third-order valence-corrected chi connectivity index (χ3v) is 6.66. The van der Waals surface area contributed by atoms with Crippen LogP contribution in [0.3, 0.4) is 0 Å². The number of carbonyl (C=O) groups is 1. The second-order valence-electron chi connectivity index (χ2n) is 9.01. The first-order valence-corrected chi connectivity index (χ1v) is 11.8. The number of furan rings is 1. The first kappa shape index (κ1) is 23.5. The molecule has 0 saturated carbocycles. The van der Waals surface area contributed by atoms with Gasteiger partial charge in [-0.3, -0.25) is 9.69 Å². The van der Waals surface area contributed by atoms with Gasteiger partial charge in [-0.2, -0.15) is 13.2 Å². The predicted octanol–water partition coefficient (Wildman–Crippen LogP) is 5.14. The van der Waals surface area contributed by atoms with Crippen LogP contribution >= 0.6 is 0 Å². The van der Waals surface area contributed by atoms with Crippen molar-refractivity contribution in [3.8, 4) is 22.6 Å². The molecule has 3 aromatic rings. The summed E-state index contributed by atoms with van der Waals surface area (Å²) in [4.78, 5) is 16.0. The van der Waals surface area contributed by atoms with Crippen LogP contribution in [-0.2, 0) is 6.42 Å². The molecular weight excluding hydrogens is 461 g/mol. The maximum absolute atomic E-state index is 12.9. The van der Waals surface area contributed by atoms with E-state index in [0.717, 1.165) is 46.8 Å². The summed E-state index contributed by atoms with van der Waals surface area (Å²) in [5.74, 6) is 0.321. The third-order valence-electron chi connectivity index (χ3n) is 6.66. The fourth-order valence-corrected chi connectivity index (χ4v) is 4.93. The molecule has 0 spiro atoms. The summed E-state index contributed by atoms with van der Waals surface area (Å²) in [6.07, 6.45) is -0.0114. The van der Waals surface area contributed by atoms with E-state index in [4.69, 9.17) is 13.9 Å². The Balaban J connectivity index is 1.38. The van der Waals surface area contributed by atoms with Crippen molar-refractivity contribution in [3.63, 3.8) is 0 Å². The van der Waals surface area contributed by atoms with Crippen LogP contribution in [0.5, 0.6) is 11.5 Å². The number of benzene rings is 2. The zero-order chi connectivity index (χ0) is 24.6. The molecule has 5 rings (SSSR count). The van der Waals surface area contributed by atoms with Crippen LogP contribution in [0.1, 0.15) is 28.8 Å². The molecule has 35 heavy (non-hydrogen) atoms. The lowest BCUT2D eigenvalue weighted by Crippen LogP contribution is -2.43. The lowest BCUT2D eigenvalue weighted by molar-refractivity contribution is -0.141. The van der Waals surface area contributed by atoms with Gasteiger partial charge in [0.05, 0.1) is 18.9 Å². The summed E-state index contributed by atoms with van der Waals surface area (Å²) in [7, 11) is 1.41. The van der Waals surface area contributed by atoms with E-state index >= 15 is 0 Å². The molecule has 1 saturated heterocycles. The van der Waals surface area contributed by atoms with Gasteiger partial charge in [-0.05, 0) is 67.7 Å². The molecule has 0 atom stereocenters. The van der Waals surface area contributed by atoms with E-state index in [1.54, 1.807) is 12.3 Å². The van der Waals surface area contributed by atoms with Crippen LogP contribution in [0, 0.1) is 0 Å². The van der Waals surface area contributed by atoms with Gasteiger partial charge >= 0.3 is 6.18 Å². The summed E-state index contributed by atoms with van der Waals surface area (Å²) in [6, 6.07) is 9.21. The lowest BCUT2D eigenvalue weighted by atomic mass is 9.92. The molecule has 9 heteroatoms. The van der Waals surface area contributed by atoms with Gasteiger partial charge < -0.3 is 18.8 Å². The van der Waals surface area contributed by atoms with Crippen molar-refractivity contribution in [2.75, 3.05) is 46.4 Å². The van der Waals surface area contributed by atoms with E-state index < -0.39 is 18.6 Å². The van der Waals surface area contributed by atoms with Crippen LogP contribution in [0.2, 0.25) is 0 Å². The number of hydrogen-bond donors (Lipinski definition) is 0. The summed E-state index contributed by atoms with van der Waals surface area (Å²) in [5.41, 5.74) is 3.11. The van der Waals surface area contributed by atoms with Gasteiger partial charge in [-0.25, -0.2) is 0 Å². The van der Waals surface area contributed by atoms with E-state index in [1.165, 1.54) is 20.0 Å². The van der Waals surface area contributed by atoms with E-state index in [0.29, 0.717) is 24.2 Å². The Morgan fingerprint density at radius 1 is 1.09 bits per heavy atom. The highest BCUT2D eigenvalue weighted by molar-refractivity contribution is 6.02. The van der Waals surface area contributed by atoms with Gasteiger partial charge in [0.25, 0.3) is 5.91 Å². The topological polar surface area (TPSA) is 55.2 Å². The molecule has 1 aromatic heterocycles. The second kappa shape index (κ2) is 9.45. The Bertz CT molecular complexity index is 1210. The molecule has 186 valence electrons. The molecule has 6 nitrogen and oxygen atoms in total. The van der Waals surface area contributed by atoms with Gasteiger partial charge in [0, 0.05) is 30.1 Å². The van der Waals surface area contributed by atoms with E-state index in [9.17, 15) is 18.0 Å². The van der Waals surface area contributed by atoms with Gasteiger partial charge in [0.2, 0.25) is 0 Å². The molecule has 0 N–H and O–H groups in total. The van der Waals surface area contributed by atoms with Gasteiger partial charge in [0.15, 0.2) is 0 Å². The minimum absolute atomic E-state index is 0.00220. The highest BCUT2D eigenvalue weighted by Gasteiger charge is 2.37. The number of halogens is 3. The monoisotopic (exact) mass is 488 g/mol. The van der Waals surface area contributed by atoms with Gasteiger partial charge in [0.1, 0.15) is 30.2 Å². The molecule has 3 heterocycles. The van der Waals surface area contributed by atoms with Crippen molar-refractivity contribution >= 4 is 16.9 Å². The normalized spacial score (nSPS) is 16.7. The van der Waals surface area contributed by atoms with Crippen molar-refractivity contribution in [3.05, 3.63) is 47.7 Å². The number of alkyl halides is 3. The standard InChI is InChI=1S/C26H27F3N2O4/c1-33-23-13-18(12-17-6-9-31(16-26(27,28)29)25(32)24(17)23)21-15-35-22-14-19(4-5-20(21)22)34-11-10-30-7-2-3-8-30/h4-5,12-15H,2-3,6-11,16H2,1H3. The number of methoxy groups -OCH3 is 1. The number of nitrogens with zero attached hydrogens (tertiary/aromatic N) is 2. The van der Waals surface area contributed by atoms with Crippen LogP contribution in [0.25, 0.3) is 22.1 Å². The Morgan fingerprint density at radius 3 is 2.63 bits per heavy atom. The van der Waals surface area contributed by atoms with Gasteiger partial charge in [-0.1, -0.05) is 0 Å². The van der Waals surface area contributed by atoms with Crippen LogP contribution in [0.4, 0.5) is 13.2 Å². The zero-order valence-corrected chi connectivity index (χ0v) is 19.5. The number of likely N-dealkylation sites (tertiary alicyclic amines) is 1.